The SMILES string of the molecule is CC[C@@H](O)[C@@H]1CCc2cc(F)ccc2O1.CC[C@@H](O)[C@@H]1CCc2cc(F)ccc2O1.CC[C@@H](O)[C@H]1CCc2cc(F)ccc2O1.CC[C@@H](O)[C@H]1CCc2cc(F)ccc2O1.CC[C@H](O)[C@@H]1CCc2cc(F)ccc2O1.CC[C@H](O)[C@@H]1CCc2cc(F)ccc2O1.CC[C@H](O)[C@H]1CCc2cc(F)ccc2O1.CC[C@H](O)[C@H]1CCc2cc(F)ccc2O1. The van der Waals surface area contributed by atoms with E-state index in [9.17, 15) is 76.0 Å². The summed E-state index contributed by atoms with van der Waals surface area (Å²) in [7, 11) is 0. The normalized spacial score (nSPS) is 21.7. The monoisotopic (exact) mass is 1680 g/mol. The first-order valence-corrected chi connectivity index (χ1v) is 42.7. The Morgan fingerprint density at radius 3 is 0.392 bits per heavy atom. The minimum absolute atomic E-state index is 0.145. The van der Waals surface area contributed by atoms with Gasteiger partial charge in [-0.2, -0.15) is 0 Å². The van der Waals surface area contributed by atoms with E-state index >= 15 is 0 Å². The number of aliphatic hydroxyl groups excluding tert-OH is 8. The molecule has 8 heterocycles. The summed E-state index contributed by atoms with van der Waals surface area (Å²) in [5.41, 5.74) is 7.18. The fourth-order valence-electron chi connectivity index (χ4n) is 15.3. The molecule has 0 radical (unpaired) electrons. The first-order valence-electron chi connectivity index (χ1n) is 42.7. The van der Waals surface area contributed by atoms with Crippen LogP contribution in [0.1, 0.15) is 203 Å². The molecule has 0 spiro atoms. The van der Waals surface area contributed by atoms with E-state index in [1.165, 1.54) is 97.1 Å². The number of aliphatic hydroxyl groups is 8. The van der Waals surface area contributed by atoms with Crippen molar-refractivity contribution in [3.05, 3.63) is 237 Å². The highest BCUT2D eigenvalue weighted by atomic mass is 19.2. The molecule has 120 heavy (non-hydrogen) atoms. The Morgan fingerprint density at radius 1 is 0.200 bits per heavy atom. The highest BCUT2D eigenvalue weighted by molar-refractivity contribution is 5.42. The van der Waals surface area contributed by atoms with Gasteiger partial charge in [-0.25, -0.2) is 35.1 Å². The molecule has 0 saturated carbocycles. The third-order valence-electron chi connectivity index (χ3n) is 22.8. The van der Waals surface area contributed by atoms with Crippen molar-refractivity contribution >= 4 is 0 Å². The molecule has 0 fully saturated rings. The summed E-state index contributed by atoms with van der Waals surface area (Å²) in [6, 6.07) is 36.2. The lowest BCUT2D eigenvalue weighted by Crippen LogP contribution is -2.34. The number of fused-ring (bicyclic) bond motifs is 8. The van der Waals surface area contributed by atoms with E-state index in [1.807, 2.05) is 55.4 Å². The van der Waals surface area contributed by atoms with Crippen molar-refractivity contribution in [1.82, 2.24) is 0 Å². The van der Waals surface area contributed by atoms with E-state index in [2.05, 4.69) is 0 Å². The lowest BCUT2D eigenvalue weighted by atomic mass is 9.98. The molecule has 16 nitrogen and oxygen atoms in total. The maximum Gasteiger partial charge on any atom is 0.125 e. The van der Waals surface area contributed by atoms with Crippen LogP contribution in [0.25, 0.3) is 0 Å². The summed E-state index contributed by atoms with van der Waals surface area (Å²) in [5, 5.41) is 77.3. The molecule has 0 saturated heterocycles. The van der Waals surface area contributed by atoms with Gasteiger partial charge in [0.25, 0.3) is 0 Å². The average Bonchev–Trinajstić information content (AvgIpc) is 0.875. The zero-order chi connectivity index (χ0) is 86.7. The van der Waals surface area contributed by atoms with Gasteiger partial charge in [0.2, 0.25) is 0 Å². The molecule has 16 rings (SSSR count). The van der Waals surface area contributed by atoms with Crippen LogP contribution in [0.5, 0.6) is 46.0 Å². The number of ether oxygens (including phenoxy) is 8. The molecule has 16 atom stereocenters. The van der Waals surface area contributed by atoms with Gasteiger partial charge in [0.1, 0.15) is 141 Å². The third-order valence-corrected chi connectivity index (χ3v) is 22.8. The van der Waals surface area contributed by atoms with E-state index in [-0.39, 0.29) is 95.4 Å². The van der Waals surface area contributed by atoms with Gasteiger partial charge in [-0.15, -0.1) is 0 Å². The molecule has 0 aromatic heterocycles. The van der Waals surface area contributed by atoms with Gasteiger partial charge in [0.05, 0.1) is 48.8 Å². The lowest BCUT2D eigenvalue weighted by molar-refractivity contribution is 0.0219. The van der Waals surface area contributed by atoms with E-state index in [0.717, 1.165) is 147 Å². The average molecular weight is 1680 g/mol. The van der Waals surface area contributed by atoms with E-state index in [1.54, 1.807) is 48.5 Å². The highest BCUT2D eigenvalue weighted by Crippen LogP contribution is 2.38. The van der Waals surface area contributed by atoms with Crippen LogP contribution in [0, 0.1) is 46.5 Å². The smallest absolute Gasteiger partial charge is 0.125 e. The zero-order valence-electron chi connectivity index (χ0n) is 69.9. The van der Waals surface area contributed by atoms with Crippen molar-refractivity contribution in [1.29, 1.82) is 0 Å². The summed E-state index contributed by atoms with van der Waals surface area (Å²) in [5.74, 6) is 3.83. The summed E-state index contributed by atoms with van der Waals surface area (Å²) < 4.78 is 148. The van der Waals surface area contributed by atoms with Crippen LogP contribution in [-0.4, -0.2) is 139 Å². The second kappa shape index (κ2) is 47.1. The van der Waals surface area contributed by atoms with E-state index in [0.29, 0.717) is 97.4 Å². The largest absolute Gasteiger partial charge is 0.487 e. The van der Waals surface area contributed by atoms with Crippen LogP contribution in [0.2, 0.25) is 0 Å². The molecule has 8 aromatic rings. The molecular formula is C96H120F8O16. The molecule has 0 amide bonds. The van der Waals surface area contributed by atoms with Crippen LogP contribution in [-0.2, 0) is 51.4 Å². The number of hydrogen-bond donors (Lipinski definition) is 8. The molecule has 0 bridgehead atoms. The standard InChI is InChI=1S/8C12H15FO2/c8*1-2-10(14)12-5-3-8-7-9(13)4-6-11(8)15-12/h8*4,6-7,10,12,14H,2-3,5H2,1H3/t4*10-,12+;4*10-,12-/m11001100/s1. The molecule has 24 heteroatoms. The quantitative estimate of drug-likeness (QED) is 0.0420. The molecule has 0 unspecified atom stereocenters. The van der Waals surface area contributed by atoms with E-state index in [4.69, 9.17) is 37.9 Å². The van der Waals surface area contributed by atoms with Crippen molar-refractivity contribution in [2.75, 3.05) is 0 Å². The van der Waals surface area contributed by atoms with Crippen molar-refractivity contribution in [3.63, 3.8) is 0 Å². The topological polar surface area (TPSA) is 236 Å². The lowest BCUT2D eigenvalue weighted by Gasteiger charge is -2.29. The molecule has 8 aliphatic rings. The molecule has 8 aliphatic heterocycles. The van der Waals surface area contributed by atoms with Crippen LogP contribution in [0.15, 0.2) is 146 Å². The van der Waals surface area contributed by atoms with Gasteiger partial charge in [-0.3, -0.25) is 0 Å². The molecule has 656 valence electrons. The summed E-state index contributed by atoms with van der Waals surface area (Å²) in [6.07, 6.45) is 13.1. The van der Waals surface area contributed by atoms with Crippen LogP contribution < -0.4 is 37.9 Å². The predicted octanol–water partition coefficient (Wildman–Crippen LogP) is 18.3. The minimum atomic E-state index is -0.428. The number of aryl methyl sites for hydroxylation is 8. The zero-order valence-corrected chi connectivity index (χ0v) is 69.9. The fraction of sp³-hybridized carbons (Fsp3) is 0.500. The summed E-state index contributed by atoms with van der Waals surface area (Å²) >= 11 is 0. The van der Waals surface area contributed by atoms with Crippen LogP contribution in [0.3, 0.4) is 0 Å². The Kier molecular flexibility index (Phi) is 37.3. The van der Waals surface area contributed by atoms with Gasteiger partial charge in [-0.1, -0.05) is 55.4 Å². The van der Waals surface area contributed by atoms with Crippen molar-refractivity contribution < 1.29 is 114 Å². The molecule has 8 N–H and O–H groups in total. The van der Waals surface area contributed by atoms with Gasteiger partial charge in [0, 0.05) is 0 Å². The number of rotatable bonds is 16. The Hall–Kier alpha value is -8.72. The van der Waals surface area contributed by atoms with Gasteiger partial charge in [-0.05, 0) is 344 Å². The summed E-state index contributed by atoms with van der Waals surface area (Å²) in [4.78, 5) is 0. The summed E-state index contributed by atoms with van der Waals surface area (Å²) in [6.45, 7) is 15.4. The van der Waals surface area contributed by atoms with Crippen molar-refractivity contribution in [2.45, 2.75) is 307 Å². The Bertz CT molecular complexity index is 3650. The second-order valence-corrected chi connectivity index (χ2v) is 31.4. The van der Waals surface area contributed by atoms with Gasteiger partial charge >= 0.3 is 0 Å². The second-order valence-electron chi connectivity index (χ2n) is 31.4. The first kappa shape index (κ1) is 95.1. The van der Waals surface area contributed by atoms with Gasteiger partial charge < -0.3 is 78.7 Å². The molecular weight excluding hydrogens is 1560 g/mol. The Labute approximate surface area is 700 Å². The van der Waals surface area contributed by atoms with Crippen LogP contribution >= 0.6 is 0 Å². The number of benzene rings is 8. The van der Waals surface area contributed by atoms with Crippen LogP contribution in [0.4, 0.5) is 35.1 Å². The highest BCUT2D eigenvalue weighted by Gasteiger charge is 2.33. The van der Waals surface area contributed by atoms with E-state index < -0.39 is 48.8 Å². The van der Waals surface area contributed by atoms with Gasteiger partial charge in [0.15, 0.2) is 0 Å². The maximum atomic E-state index is 12.9. The minimum Gasteiger partial charge on any atom is -0.487 e. The Balaban J connectivity index is 0.000000156. The molecule has 0 aliphatic carbocycles. The van der Waals surface area contributed by atoms with Crippen molar-refractivity contribution in [3.8, 4) is 46.0 Å². The maximum absolute atomic E-state index is 12.9. The third kappa shape index (κ3) is 27.6. The first-order chi connectivity index (χ1) is 57.6. The predicted molar refractivity (Wildman–Crippen MR) is 443 cm³/mol. The number of halogens is 8. The molecule has 8 aromatic carbocycles. The fourth-order valence-corrected chi connectivity index (χ4v) is 15.3. The Morgan fingerprint density at radius 2 is 0.300 bits per heavy atom. The number of hydrogen-bond acceptors (Lipinski definition) is 16. The van der Waals surface area contributed by atoms with Crippen molar-refractivity contribution in [2.24, 2.45) is 0 Å².